The van der Waals surface area contributed by atoms with Crippen LogP contribution in [-0.2, 0) is 43.4 Å². The fraction of sp³-hybridized carbons (Fsp3) is 0.162. The molecular formula is C37H34BaN2O9S3. The molecule has 5 rings (SSSR count). The second kappa shape index (κ2) is 17.3. The Morgan fingerprint density at radius 1 is 0.654 bits per heavy atom. The second-order valence-corrected chi connectivity index (χ2v) is 15.8. The average molecular weight is 884 g/mol. The van der Waals surface area contributed by atoms with Crippen molar-refractivity contribution < 1.29 is 43.5 Å². The van der Waals surface area contributed by atoms with Gasteiger partial charge >= 0.3 is 48.9 Å². The molecule has 1 aliphatic rings. The van der Waals surface area contributed by atoms with E-state index in [1.165, 1.54) is 48.5 Å². The maximum absolute atomic E-state index is 12.4. The Morgan fingerprint density at radius 3 is 1.75 bits per heavy atom. The van der Waals surface area contributed by atoms with Gasteiger partial charge in [-0.05, 0) is 90.7 Å². The van der Waals surface area contributed by atoms with E-state index in [1.54, 1.807) is 24.3 Å². The summed E-state index contributed by atoms with van der Waals surface area (Å²) in [6.07, 6.45) is 7.29. The van der Waals surface area contributed by atoms with Gasteiger partial charge in [0.15, 0.2) is 12.3 Å². The number of anilines is 1. The van der Waals surface area contributed by atoms with E-state index in [2.05, 4.69) is 0 Å². The van der Waals surface area contributed by atoms with Crippen molar-refractivity contribution in [2.45, 2.75) is 41.6 Å². The summed E-state index contributed by atoms with van der Waals surface area (Å²) in [7, 11) is -14.1. The smallest absolute Gasteiger partial charge is 0.744 e. The van der Waals surface area contributed by atoms with Crippen LogP contribution < -0.4 is 4.90 Å². The second-order valence-electron chi connectivity index (χ2n) is 11.7. The Labute approximate surface area is 345 Å². The van der Waals surface area contributed by atoms with Crippen LogP contribution in [0.5, 0.6) is 0 Å². The predicted octanol–water partition coefficient (Wildman–Crippen LogP) is 4.65. The molecule has 0 radical (unpaired) electrons. The van der Waals surface area contributed by atoms with Crippen molar-refractivity contribution in [3.63, 3.8) is 0 Å². The molecule has 0 atom stereocenters. The molecule has 0 spiro atoms. The van der Waals surface area contributed by atoms with E-state index in [-0.39, 0.29) is 69.1 Å². The van der Waals surface area contributed by atoms with Crippen LogP contribution in [0.3, 0.4) is 0 Å². The van der Waals surface area contributed by atoms with E-state index < -0.39 is 30.4 Å². The summed E-state index contributed by atoms with van der Waals surface area (Å²) < 4.78 is 109. The first kappa shape index (κ1) is 41.6. The summed E-state index contributed by atoms with van der Waals surface area (Å²) in [5.41, 5.74) is 4.79. The van der Waals surface area contributed by atoms with Gasteiger partial charge < -0.3 is 18.6 Å². The first-order chi connectivity index (χ1) is 24.1. The topological polar surface area (TPSA) is 178 Å². The van der Waals surface area contributed by atoms with Crippen LogP contribution in [-0.4, -0.2) is 111 Å². The van der Waals surface area contributed by atoms with Gasteiger partial charge in [0, 0.05) is 42.1 Å². The van der Waals surface area contributed by atoms with Gasteiger partial charge in [0.25, 0.3) is 0 Å². The zero-order chi connectivity index (χ0) is 37.0. The average Bonchev–Trinajstić information content (AvgIpc) is 3.10. The molecule has 0 saturated carbocycles. The molecule has 0 aliphatic heterocycles. The van der Waals surface area contributed by atoms with Crippen molar-refractivity contribution in [2.24, 2.45) is 0 Å². The Balaban J connectivity index is 0.00000605. The van der Waals surface area contributed by atoms with E-state index in [0.29, 0.717) is 54.0 Å². The molecule has 15 heteroatoms. The Hall–Kier alpha value is -3.13. The summed E-state index contributed by atoms with van der Waals surface area (Å²) >= 11 is 0. The minimum absolute atomic E-state index is 0. The fourth-order valence-corrected chi connectivity index (χ4v) is 7.62. The summed E-state index contributed by atoms with van der Waals surface area (Å²) in [6.45, 7) is 5.60. The van der Waals surface area contributed by atoms with E-state index in [4.69, 9.17) is 0 Å². The Bertz CT molecular complexity index is 2400. The van der Waals surface area contributed by atoms with Gasteiger partial charge in [-0.3, -0.25) is 0 Å². The largest absolute Gasteiger partial charge is 2.00 e. The van der Waals surface area contributed by atoms with Crippen LogP contribution in [0.25, 0.3) is 5.57 Å². The van der Waals surface area contributed by atoms with Crippen LogP contribution in [0.2, 0.25) is 0 Å². The Morgan fingerprint density at radius 2 is 1.21 bits per heavy atom. The van der Waals surface area contributed by atoms with Crippen molar-refractivity contribution in [3.05, 3.63) is 149 Å². The van der Waals surface area contributed by atoms with Crippen molar-refractivity contribution in [1.82, 2.24) is 0 Å². The van der Waals surface area contributed by atoms with Crippen molar-refractivity contribution in [3.8, 4) is 0 Å². The maximum Gasteiger partial charge on any atom is 2.00 e. The molecule has 0 amide bonds. The molecule has 0 saturated heterocycles. The number of hydrogen-bond donors (Lipinski definition) is 0. The van der Waals surface area contributed by atoms with E-state index >= 15 is 0 Å². The van der Waals surface area contributed by atoms with Crippen LogP contribution in [0, 0.1) is 0 Å². The minimum Gasteiger partial charge on any atom is -0.744 e. The molecule has 4 aromatic carbocycles. The number of benzene rings is 4. The molecule has 11 nitrogen and oxygen atoms in total. The van der Waals surface area contributed by atoms with Crippen molar-refractivity contribution in [1.29, 1.82) is 0 Å². The standard InChI is InChI=1S/C37H36N2O9S3.Ba/c1-3-38(25-27-9-7-11-33(23-27)49(40,41)42)31-19-15-29(16-20-31)37(35-13-5-6-14-36(35)51(46,47)48)30-17-21-32(22-18-30)39(4-2)26-28-10-8-12-34(24-28)50(43,44)45;/h5-24H,3-4,25-26H2,1-2H3,(H2-,40,41,42,43,44,45,46,47,48);/q;+2/p-2. The van der Waals surface area contributed by atoms with Crippen molar-refractivity contribution >= 4 is 96.2 Å². The molecule has 52 heavy (non-hydrogen) atoms. The third-order valence-electron chi connectivity index (χ3n) is 8.35. The van der Waals surface area contributed by atoms with Crippen LogP contribution in [0.4, 0.5) is 5.69 Å². The van der Waals surface area contributed by atoms with E-state index in [1.807, 2.05) is 71.9 Å². The van der Waals surface area contributed by atoms with Gasteiger partial charge in [0.1, 0.15) is 36.9 Å². The summed E-state index contributed by atoms with van der Waals surface area (Å²) in [4.78, 5) is 0.982. The number of rotatable bonds is 12. The Kier molecular flexibility index (Phi) is 13.9. The molecule has 1 aliphatic carbocycles. The molecule has 4 aromatic rings. The SMILES string of the molecule is CCN(Cc1cccc(S(=O)(=O)[O-])c1)c1ccc(C(=C2C=CC(=[N+](CC)Cc3cccc(S(=O)(=O)[O-])c3)C=C2)c2ccccc2S(=O)(=O)[O-])cc1.[Ba+2]. The molecule has 0 fully saturated rings. The molecule has 0 bridgehead atoms. The monoisotopic (exact) mass is 884 g/mol. The summed E-state index contributed by atoms with van der Waals surface area (Å²) in [5.74, 6) is 0. The van der Waals surface area contributed by atoms with Crippen LogP contribution in [0.15, 0.2) is 142 Å². The first-order valence-electron chi connectivity index (χ1n) is 15.8. The van der Waals surface area contributed by atoms with Crippen LogP contribution in [0.1, 0.15) is 36.1 Å². The zero-order valence-corrected chi connectivity index (χ0v) is 35.3. The van der Waals surface area contributed by atoms with Gasteiger partial charge in [0.05, 0.1) is 14.7 Å². The number of allylic oxidation sites excluding steroid dienone is 5. The van der Waals surface area contributed by atoms with Gasteiger partial charge in [-0.15, -0.1) is 0 Å². The van der Waals surface area contributed by atoms with E-state index in [0.717, 1.165) is 11.4 Å². The molecule has 0 unspecified atom stereocenters. The van der Waals surface area contributed by atoms with Crippen molar-refractivity contribution in [2.75, 3.05) is 18.0 Å². The van der Waals surface area contributed by atoms with E-state index in [9.17, 15) is 38.9 Å². The molecule has 266 valence electrons. The van der Waals surface area contributed by atoms with Gasteiger partial charge in [-0.25, -0.2) is 29.8 Å². The number of hydrogen-bond acceptors (Lipinski definition) is 10. The molecule has 0 heterocycles. The van der Waals surface area contributed by atoms with Crippen LogP contribution >= 0.6 is 0 Å². The summed E-state index contributed by atoms with van der Waals surface area (Å²) in [5, 5.41) is 0. The van der Waals surface area contributed by atoms with Gasteiger partial charge in [-0.1, -0.05) is 54.6 Å². The normalized spacial score (nSPS) is 13.1. The molecule has 0 N–H and O–H groups in total. The maximum atomic E-state index is 12.4. The fourth-order valence-electron chi connectivity index (χ4n) is 5.86. The molecule has 0 aromatic heterocycles. The van der Waals surface area contributed by atoms with Gasteiger partial charge in [-0.2, -0.15) is 0 Å². The minimum atomic E-state index is -4.86. The predicted molar refractivity (Wildman–Crippen MR) is 196 cm³/mol. The molecular weight excluding hydrogens is 850 g/mol. The zero-order valence-electron chi connectivity index (χ0n) is 28.4. The summed E-state index contributed by atoms with van der Waals surface area (Å²) in [6, 6.07) is 25.0. The number of nitrogens with zero attached hydrogens (tertiary/aromatic N) is 2. The first-order valence-corrected chi connectivity index (χ1v) is 20.0. The third kappa shape index (κ3) is 10.3. The van der Waals surface area contributed by atoms with Gasteiger partial charge in [0.2, 0.25) is 0 Å². The quantitative estimate of drug-likeness (QED) is 0.111. The third-order valence-corrected chi connectivity index (χ3v) is 10.9.